The summed E-state index contributed by atoms with van der Waals surface area (Å²) in [6.07, 6.45) is 0.448. The molecule has 1 fully saturated rings. The van der Waals surface area contributed by atoms with Crippen molar-refractivity contribution in [2.24, 2.45) is 0 Å². The Labute approximate surface area is 91.4 Å². The molecular weight excluding hydrogens is 194 g/mol. The van der Waals surface area contributed by atoms with Crippen LogP contribution in [0.15, 0.2) is 0 Å². The first-order valence-corrected chi connectivity index (χ1v) is 5.38. The topological polar surface area (TPSA) is 55.4 Å². The summed E-state index contributed by atoms with van der Waals surface area (Å²) in [6.45, 7) is 9.41. The highest BCUT2D eigenvalue weighted by Crippen LogP contribution is 2.15. The zero-order valence-electron chi connectivity index (χ0n) is 10.2. The largest absolute Gasteiger partial charge is 0.444 e. The van der Waals surface area contributed by atoms with Gasteiger partial charge in [-0.05, 0) is 20.8 Å². The molecule has 1 saturated carbocycles. The number of hydrogen-bond acceptors (Lipinski definition) is 3. The Kier molecular flexibility index (Phi) is 5.33. The van der Waals surface area contributed by atoms with Crippen LogP contribution >= 0.6 is 0 Å². The molecule has 0 radical (unpaired) electrons. The fourth-order valence-corrected chi connectivity index (χ4v) is 1.07. The first-order chi connectivity index (χ1) is 6.87. The number of carbonyl (C=O) groups is 2. The first-order valence-electron chi connectivity index (χ1n) is 5.38. The summed E-state index contributed by atoms with van der Waals surface area (Å²) in [5.41, 5.74) is -0.474. The maximum Gasteiger partial charge on any atom is 0.407 e. The van der Waals surface area contributed by atoms with Crippen LogP contribution in [0.3, 0.4) is 0 Å². The second-order valence-electron chi connectivity index (χ2n) is 4.29. The van der Waals surface area contributed by atoms with Crippen LogP contribution in [0.25, 0.3) is 0 Å². The highest BCUT2D eigenvalue weighted by atomic mass is 16.6. The van der Waals surface area contributed by atoms with Crippen molar-refractivity contribution in [3.05, 3.63) is 0 Å². The Bertz CT molecular complexity index is 222. The molecule has 1 rings (SSSR count). The van der Waals surface area contributed by atoms with E-state index in [1.807, 2.05) is 13.8 Å². The molecule has 0 saturated heterocycles. The van der Waals surface area contributed by atoms with Crippen LogP contribution in [-0.2, 0) is 9.53 Å². The van der Waals surface area contributed by atoms with Crippen LogP contribution in [0, 0.1) is 0 Å². The quantitative estimate of drug-likeness (QED) is 0.730. The summed E-state index contributed by atoms with van der Waals surface area (Å²) in [4.78, 5) is 21.7. The highest BCUT2D eigenvalue weighted by molar-refractivity contribution is 5.87. The molecule has 0 spiro atoms. The molecule has 0 unspecified atom stereocenters. The molecule has 88 valence electrons. The van der Waals surface area contributed by atoms with Crippen molar-refractivity contribution < 1.29 is 14.3 Å². The maximum atomic E-state index is 11.1. The van der Waals surface area contributed by atoms with Crippen molar-refractivity contribution in [2.75, 3.05) is 0 Å². The molecular formula is C11H21NO3. The molecule has 0 aromatic heterocycles. The number of rotatable bonds is 1. The summed E-state index contributed by atoms with van der Waals surface area (Å²) >= 11 is 0. The number of ether oxygens (including phenoxy) is 1. The number of ketones is 1. The Morgan fingerprint density at radius 3 is 2.13 bits per heavy atom. The van der Waals surface area contributed by atoms with Gasteiger partial charge < -0.3 is 10.1 Å². The van der Waals surface area contributed by atoms with Crippen molar-refractivity contribution in [3.8, 4) is 0 Å². The number of amides is 1. The van der Waals surface area contributed by atoms with Crippen LogP contribution in [0.5, 0.6) is 0 Å². The Morgan fingerprint density at radius 2 is 1.80 bits per heavy atom. The lowest BCUT2D eigenvalue weighted by Crippen LogP contribution is -2.46. The molecule has 15 heavy (non-hydrogen) atoms. The molecule has 0 atom stereocenters. The zero-order chi connectivity index (χ0) is 12.1. The summed E-state index contributed by atoms with van der Waals surface area (Å²) in [5.74, 6) is 0.195. The lowest BCUT2D eigenvalue weighted by atomic mass is 9.92. The fourth-order valence-electron chi connectivity index (χ4n) is 1.07. The van der Waals surface area contributed by atoms with Crippen molar-refractivity contribution in [3.63, 3.8) is 0 Å². The monoisotopic (exact) mass is 215 g/mol. The van der Waals surface area contributed by atoms with Gasteiger partial charge in [0.25, 0.3) is 0 Å². The minimum atomic E-state index is -0.474. The van der Waals surface area contributed by atoms with Crippen LogP contribution in [0.1, 0.15) is 47.5 Å². The van der Waals surface area contributed by atoms with Gasteiger partial charge in [0.15, 0.2) is 0 Å². The predicted octanol–water partition coefficient (Wildman–Crippen LogP) is 2.27. The van der Waals surface area contributed by atoms with Crippen LogP contribution < -0.4 is 5.32 Å². The van der Waals surface area contributed by atoms with E-state index in [1.54, 1.807) is 20.8 Å². The van der Waals surface area contributed by atoms with E-state index in [2.05, 4.69) is 5.32 Å². The molecule has 0 heterocycles. The van der Waals surface area contributed by atoms with E-state index in [0.29, 0.717) is 12.8 Å². The van der Waals surface area contributed by atoms with Crippen molar-refractivity contribution >= 4 is 11.9 Å². The molecule has 1 amide bonds. The fraction of sp³-hybridized carbons (Fsp3) is 0.818. The van der Waals surface area contributed by atoms with E-state index < -0.39 is 11.7 Å². The molecule has 1 aliphatic rings. The molecule has 0 aliphatic heterocycles. The van der Waals surface area contributed by atoms with Gasteiger partial charge in [-0.25, -0.2) is 4.79 Å². The third kappa shape index (κ3) is 6.10. The molecule has 1 aliphatic carbocycles. The zero-order valence-corrected chi connectivity index (χ0v) is 10.2. The van der Waals surface area contributed by atoms with E-state index >= 15 is 0 Å². The van der Waals surface area contributed by atoms with Crippen molar-refractivity contribution in [2.45, 2.75) is 59.1 Å². The molecule has 0 aromatic carbocycles. The van der Waals surface area contributed by atoms with Crippen LogP contribution in [-0.4, -0.2) is 23.5 Å². The van der Waals surface area contributed by atoms with E-state index in [0.717, 1.165) is 0 Å². The second-order valence-corrected chi connectivity index (χ2v) is 4.29. The van der Waals surface area contributed by atoms with Gasteiger partial charge in [0.2, 0.25) is 0 Å². The average molecular weight is 215 g/mol. The van der Waals surface area contributed by atoms with Gasteiger partial charge in [-0.2, -0.15) is 0 Å². The van der Waals surface area contributed by atoms with E-state index in [4.69, 9.17) is 4.74 Å². The van der Waals surface area contributed by atoms with Crippen LogP contribution in [0.2, 0.25) is 0 Å². The van der Waals surface area contributed by atoms with Gasteiger partial charge in [-0.3, -0.25) is 4.79 Å². The number of hydrogen-bond donors (Lipinski definition) is 1. The molecule has 0 aromatic rings. The summed E-state index contributed by atoms with van der Waals surface area (Å²) in [6, 6.07) is -0.0117. The Hall–Kier alpha value is -1.06. The SMILES string of the molecule is CC.CC(C)(C)OC(=O)NC1CC(=O)C1. The van der Waals surface area contributed by atoms with Gasteiger partial charge in [-0.15, -0.1) is 0 Å². The molecule has 4 nitrogen and oxygen atoms in total. The Balaban J connectivity index is 0.000000921. The van der Waals surface area contributed by atoms with Crippen LogP contribution in [0.4, 0.5) is 4.79 Å². The Morgan fingerprint density at radius 1 is 1.33 bits per heavy atom. The molecule has 0 bridgehead atoms. The van der Waals surface area contributed by atoms with Gasteiger partial charge in [0.1, 0.15) is 11.4 Å². The van der Waals surface area contributed by atoms with Gasteiger partial charge in [-0.1, -0.05) is 13.8 Å². The minimum absolute atomic E-state index is 0.0117. The number of alkyl carbamates (subject to hydrolysis) is 1. The standard InChI is InChI=1S/C9H15NO3.C2H6/c1-9(2,3)13-8(12)10-6-4-7(11)5-6;1-2/h6H,4-5H2,1-3H3,(H,10,12);1-2H3. The third-order valence-corrected chi connectivity index (χ3v) is 1.67. The molecule has 4 heteroatoms. The summed E-state index contributed by atoms with van der Waals surface area (Å²) in [5, 5.41) is 2.62. The molecule has 1 N–H and O–H groups in total. The van der Waals surface area contributed by atoms with Gasteiger partial charge >= 0.3 is 6.09 Å². The highest BCUT2D eigenvalue weighted by Gasteiger charge is 2.29. The van der Waals surface area contributed by atoms with E-state index in [9.17, 15) is 9.59 Å². The van der Waals surface area contributed by atoms with E-state index in [-0.39, 0.29) is 11.8 Å². The van der Waals surface area contributed by atoms with Crippen molar-refractivity contribution in [1.82, 2.24) is 5.32 Å². The number of nitrogens with one attached hydrogen (secondary N) is 1. The smallest absolute Gasteiger partial charge is 0.407 e. The number of Topliss-reactive ketones (excluding diaryl/α,β-unsaturated/α-hetero) is 1. The first kappa shape index (κ1) is 13.9. The maximum absolute atomic E-state index is 11.1. The lowest BCUT2D eigenvalue weighted by Gasteiger charge is -2.27. The van der Waals surface area contributed by atoms with Gasteiger partial charge in [0.05, 0.1) is 0 Å². The minimum Gasteiger partial charge on any atom is -0.444 e. The van der Waals surface area contributed by atoms with Crippen molar-refractivity contribution in [1.29, 1.82) is 0 Å². The summed E-state index contributed by atoms with van der Waals surface area (Å²) < 4.78 is 5.02. The average Bonchev–Trinajstić information content (AvgIpc) is 2.02. The second kappa shape index (κ2) is 5.73. The normalized spacial score (nSPS) is 15.9. The third-order valence-electron chi connectivity index (χ3n) is 1.67. The predicted molar refractivity (Wildman–Crippen MR) is 58.7 cm³/mol. The lowest BCUT2D eigenvalue weighted by molar-refractivity contribution is -0.125. The van der Waals surface area contributed by atoms with Gasteiger partial charge in [0, 0.05) is 18.9 Å². The van der Waals surface area contributed by atoms with E-state index in [1.165, 1.54) is 0 Å². The summed E-state index contributed by atoms with van der Waals surface area (Å²) in [7, 11) is 0. The number of carbonyl (C=O) groups excluding carboxylic acids is 2.